The maximum Gasteiger partial charge on any atom is 0.218 e. The Balaban J connectivity index is 2.18. The van der Waals surface area contributed by atoms with Crippen LogP contribution in [0.5, 0.6) is 0 Å². The van der Waals surface area contributed by atoms with Crippen molar-refractivity contribution in [3.8, 4) is 0 Å². The van der Waals surface area contributed by atoms with Gasteiger partial charge >= 0.3 is 0 Å². The van der Waals surface area contributed by atoms with Crippen molar-refractivity contribution in [3.63, 3.8) is 0 Å². The monoisotopic (exact) mass is 282 g/mol. The van der Waals surface area contributed by atoms with E-state index in [4.69, 9.17) is 5.73 Å². The molecule has 0 saturated carbocycles. The molecule has 1 heterocycles. The predicted octanol–water partition coefficient (Wildman–Crippen LogP) is 1.58. The molecule has 0 aromatic heterocycles. The van der Waals surface area contributed by atoms with Crippen LogP contribution in [0.15, 0.2) is 30.3 Å². The molecule has 2 atom stereocenters. The molecule has 2 rings (SSSR count). The standard InChI is InChI=1S/C14H22N2O2S/c1-12-6-5-9-16(14(12)10-15)19(17,18)11-13-7-3-2-4-8-13/h2-4,7-8,12,14H,5-6,9-11,15H2,1H3/t12-,14+/m1/s1. The van der Waals surface area contributed by atoms with Gasteiger partial charge in [0.05, 0.1) is 5.75 Å². The van der Waals surface area contributed by atoms with Crippen LogP contribution in [0, 0.1) is 5.92 Å². The summed E-state index contributed by atoms with van der Waals surface area (Å²) in [4.78, 5) is 0. The normalized spacial score (nSPS) is 25.4. The molecule has 106 valence electrons. The van der Waals surface area contributed by atoms with Crippen LogP contribution >= 0.6 is 0 Å². The van der Waals surface area contributed by atoms with Gasteiger partial charge in [-0.1, -0.05) is 37.3 Å². The van der Waals surface area contributed by atoms with Gasteiger partial charge in [0, 0.05) is 19.1 Å². The van der Waals surface area contributed by atoms with E-state index >= 15 is 0 Å². The molecule has 0 aliphatic carbocycles. The minimum absolute atomic E-state index is 0.0533. The molecule has 1 aromatic rings. The predicted molar refractivity (Wildman–Crippen MR) is 77.0 cm³/mol. The Morgan fingerprint density at radius 2 is 2.00 bits per heavy atom. The molecule has 4 nitrogen and oxygen atoms in total. The molecular formula is C14H22N2O2S. The van der Waals surface area contributed by atoms with Crippen molar-refractivity contribution >= 4 is 10.0 Å². The highest BCUT2D eigenvalue weighted by atomic mass is 32.2. The van der Waals surface area contributed by atoms with Gasteiger partial charge in [0.15, 0.2) is 0 Å². The van der Waals surface area contributed by atoms with E-state index in [-0.39, 0.29) is 11.8 Å². The van der Waals surface area contributed by atoms with Gasteiger partial charge in [-0.25, -0.2) is 8.42 Å². The van der Waals surface area contributed by atoms with Crippen molar-refractivity contribution in [2.24, 2.45) is 11.7 Å². The maximum absolute atomic E-state index is 12.5. The lowest BCUT2D eigenvalue weighted by atomic mass is 9.93. The van der Waals surface area contributed by atoms with E-state index in [2.05, 4.69) is 6.92 Å². The average Bonchev–Trinajstić information content (AvgIpc) is 2.39. The van der Waals surface area contributed by atoms with Crippen molar-refractivity contribution in [2.75, 3.05) is 13.1 Å². The van der Waals surface area contributed by atoms with Crippen LogP contribution in [0.4, 0.5) is 0 Å². The zero-order valence-corrected chi connectivity index (χ0v) is 12.1. The largest absolute Gasteiger partial charge is 0.329 e. The summed E-state index contributed by atoms with van der Waals surface area (Å²) in [6.45, 7) is 3.08. The Bertz CT molecular complexity index is 501. The molecule has 1 aromatic carbocycles. The van der Waals surface area contributed by atoms with Gasteiger partial charge in [0.1, 0.15) is 0 Å². The van der Waals surface area contributed by atoms with Crippen LogP contribution in [0.1, 0.15) is 25.3 Å². The second-order valence-corrected chi connectivity index (χ2v) is 7.20. The van der Waals surface area contributed by atoms with Gasteiger partial charge in [-0.05, 0) is 24.3 Å². The van der Waals surface area contributed by atoms with Crippen LogP contribution in [0.2, 0.25) is 0 Å². The van der Waals surface area contributed by atoms with Crippen LogP contribution in [0.25, 0.3) is 0 Å². The molecule has 2 N–H and O–H groups in total. The zero-order valence-electron chi connectivity index (χ0n) is 11.3. The van der Waals surface area contributed by atoms with E-state index in [0.29, 0.717) is 19.0 Å². The lowest BCUT2D eigenvalue weighted by molar-refractivity contribution is 0.192. The number of benzene rings is 1. The van der Waals surface area contributed by atoms with Gasteiger partial charge in [0.25, 0.3) is 0 Å². The minimum atomic E-state index is -3.28. The van der Waals surface area contributed by atoms with E-state index in [1.807, 2.05) is 30.3 Å². The van der Waals surface area contributed by atoms with E-state index in [1.54, 1.807) is 4.31 Å². The quantitative estimate of drug-likeness (QED) is 0.912. The summed E-state index contributed by atoms with van der Waals surface area (Å²) in [6, 6.07) is 9.27. The number of hydrogen-bond acceptors (Lipinski definition) is 3. The summed E-state index contributed by atoms with van der Waals surface area (Å²) >= 11 is 0. The van der Waals surface area contributed by atoms with Crippen molar-refractivity contribution in [1.82, 2.24) is 4.31 Å². The number of nitrogens with two attached hydrogens (primary N) is 1. The van der Waals surface area contributed by atoms with Gasteiger partial charge < -0.3 is 5.73 Å². The Morgan fingerprint density at radius 1 is 1.32 bits per heavy atom. The molecule has 0 unspecified atom stereocenters. The van der Waals surface area contributed by atoms with Crippen molar-refractivity contribution < 1.29 is 8.42 Å². The van der Waals surface area contributed by atoms with Gasteiger partial charge in [-0.2, -0.15) is 4.31 Å². The summed E-state index contributed by atoms with van der Waals surface area (Å²) in [7, 11) is -3.28. The first-order valence-corrected chi connectivity index (χ1v) is 8.39. The van der Waals surface area contributed by atoms with Crippen LogP contribution in [0.3, 0.4) is 0 Å². The number of piperidine rings is 1. The average molecular weight is 282 g/mol. The minimum Gasteiger partial charge on any atom is -0.329 e. The Hall–Kier alpha value is -0.910. The third-order valence-electron chi connectivity index (χ3n) is 3.86. The fourth-order valence-electron chi connectivity index (χ4n) is 2.77. The second kappa shape index (κ2) is 6.03. The van der Waals surface area contributed by atoms with E-state index < -0.39 is 10.0 Å². The lowest BCUT2D eigenvalue weighted by Crippen LogP contribution is -2.51. The molecule has 0 bridgehead atoms. The molecule has 1 fully saturated rings. The van der Waals surface area contributed by atoms with E-state index in [9.17, 15) is 8.42 Å². The van der Waals surface area contributed by atoms with Gasteiger partial charge in [0.2, 0.25) is 10.0 Å². The Labute approximate surface area is 115 Å². The molecule has 1 aliphatic rings. The Kier molecular flexibility index (Phi) is 4.60. The lowest BCUT2D eigenvalue weighted by Gasteiger charge is -2.38. The first-order chi connectivity index (χ1) is 9.04. The first kappa shape index (κ1) is 14.5. The fraction of sp³-hybridized carbons (Fsp3) is 0.571. The highest BCUT2D eigenvalue weighted by Gasteiger charge is 2.35. The molecule has 0 amide bonds. The highest BCUT2D eigenvalue weighted by Crippen LogP contribution is 2.26. The molecule has 1 aliphatic heterocycles. The summed E-state index contributed by atoms with van der Waals surface area (Å²) in [5.74, 6) is 0.404. The van der Waals surface area contributed by atoms with Crippen LogP contribution < -0.4 is 5.73 Å². The summed E-state index contributed by atoms with van der Waals surface area (Å²) in [6.07, 6.45) is 1.98. The van der Waals surface area contributed by atoms with Crippen molar-refractivity contribution in [1.29, 1.82) is 0 Å². The van der Waals surface area contributed by atoms with E-state index in [0.717, 1.165) is 18.4 Å². The van der Waals surface area contributed by atoms with Crippen LogP contribution in [-0.2, 0) is 15.8 Å². The first-order valence-electron chi connectivity index (χ1n) is 6.78. The third kappa shape index (κ3) is 3.35. The molecule has 19 heavy (non-hydrogen) atoms. The number of sulfonamides is 1. The van der Waals surface area contributed by atoms with Gasteiger partial charge in [-0.15, -0.1) is 0 Å². The molecule has 0 spiro atoms. The molecule has 5 heteroatoms. The molecular weight excluding hydrogens is 260 g/mol. The second-order valence-electron chi connectivity index (χ2n) is 5.28. The fourth-order valence-corrected chi connectivity index (χ4v) is 4.67. The SMILES string of the molecule is C[C@@H]1CCCN(S(=O)(=O)Cc2ccccc2)[C@H]1CN. The molecule has 0 radical (unpaired) electrons. The number of hydrogen-bond donors (Lipinski definition) is 1. The van der Waals surface area contributed by atoms with Gasteiger partial charge in [-0.3, -0.25) is 0 Å². The Morgan fingerprint density at radius 3 is 2.63 bits per heavy atom. The topological polar surface area (TPSA) is 63.4 Å². The van der Waals surface area contributed by atoms with Crippen molar-refractivity contribution in [3.05, 3.63) is 35.9 Å². The van der Waals surface area contributed by atoms with E-state index in [1.165, 1.54) is 0 Å². The number of nitrogens with zero attached hydrogens (tertiary/aromatic N) is 1. The summed E-state index contributed by atoms with van der Waals surface area (Å²) in [5, 5.41) is 0. The smallest absolute Gasteiger partial charge is 0.218 e. The zero-order chi connectivity index (χ0) is 13.9. The van der Waals surface area contributed by atoms with Crippen molar-refractivity contribution in [2.45, 2.75) is 31.6 Å². The third-order valence-corrected chi connectivity index (χ3v) is 5.72. The van der Waals surface area contributed by atoms with Crippen LogP contribution in [-0.4, -0.2) is 31.9 Å². The molecule has 1 saturated heterocycles. The highest BCUT2D eigenvalue weighted by molar-refractivity contribution is 7.88. The summed E-state index contributed by atoms with van der Waals surface area (Å²) in [5.41, 5.74) is 6.60. The maximum atomic E-state index is 12.5. The summed E-state index contributed by atoms with van der Waals surface area (Å²) < 4.78 is 26.7. The number of rotatable bonds is 4.